The molecule has 0 bridgehead atoms. The van der Waals surface area contributed by atoms with E-state index in [2.05, 4.69) is 54.6 Å². The molecule has 0 saturated carbocycles. The molecule has 6 heteroatoms. The average Bonchev–Trinajstić information content (AvgIpc) is 3.04. The molecule has 1 unspecified atom stereocenters. The fraction of sp³-hybridized carbons (Fsp3) is 0.481. The third kappa shape index (κ3) is 3.95. The molecule has 6 nitrogen and oxygen atoms in total. The van der Waals surface area contributed by atoms with Crippen molar-refractivity contribution in [1.29, 1.82) is 0 Å². The Labute approximate surface area is 196 Å². The fourth-order valence-electron chi connectivity index (χ4n) is 5.20. The highest BCUT2D eigenvalue weighted by Gasteiger charge is 2.55. The molecule has 2 aromatic rings. The summed E-state index contributed by atoms with van der Waals surface area (Å²) in [4.78, 5) is 20.3. The molecule has 4 rings (SSSR count). The third-order valence-corrected chi connectivity index (χ3v) is 7.19. The van der Waals surface area contributed by atoms with E-state index in [-0.39, 0.29) is 12.3 Å². The van der Waals surface area contributed by atoms with Crippen LogP contribution in [-0.4, -0.2) is 70.2 Å². The lowest BCUT2D eigenvalue weighted by Gasteiger charge is -2.55. The second kappa shape index (κ2) is 8.25. The second-order valence-corrected chi connectivity index (χ2v) is 10.3. The summed E-state index contributed by atoms with van der Waals surface area (Å²) < 4.78 is 0. The van der Waals surface area contributed by atoms with Crippen molar-refractivity contribution in [3.05, 3.63) is 65.0 Å². The Balaban J connectivity index is 1.75. The van der Waals surface area contributed by atoms with E-state index in [4.69, 9.17) is 0 Å². The number of rotatable bonds is 4. The molecule has 174 valence electrons. The number of carbonyl (C=O) groups is 1. The van der Waals surface area contributed by atoms with Crippen LogP contribution >= 0.6 is 0 Å². The summed E-state index contributed by atoms with van der Waals surface area (Å²) >= 11 is 0. The molecule has 0 radical (unpaired) electrons. The molecular formula is C27H33N3O3. The first-order valence-electron chi connectivity index (χ1n) is 11.5. The van der Waals surface area contributed by atoms with Gasteiger partial charge in [-0.05, 0) is 30.2 Å². The predicted molar refractivity (Wildman–Crippen MR) is 127 cm³/mol. The highest BCUT2D eigenvalue weighted by atomic mass is 16.3. The van der Waals surface area contributed by atoms with Gasteiger partial charge < -0.3 is 20.0 Å². The molecule has 0 spiro atoms. The standard InChI is InChI=1S/C27H33N3O3/c1-19(2)21-6-8-22(9-7-21)27(33,25(3)17-29(4)18-25)23-14-20(15-28-16-23)10-11-26(32)12-13-30(5)24(26)31/h6-9,14-16,19,32-33H,12-13,17-18H2,1-5H3/t26-,27?/m0/s1. The molecule has 2 fully saturated rings. The number of benzene rings is 1. The maximum atomic E-state index is 12.3. The minimum Gasteiger partial charge on any atom is -0.380 e. The Morgan fingerprint density at radius 3 is 2.33 bits per heavy atom. The van der Waals surface area contributed by atoms with Crippen LogP contribution in [0, 0.1) is 17.3 Å². The van der Waals surface area contributed by atoms with E-state index in [1.54, 1.807) is 19.4 Å². The molecule has 3 heterocycles. The first-order chi connectivity index (χ1) is 15.5. The average molecular weight is 448 g/mol. The summed E-state index contributed by atoms with van der Waals surface area (Å²) in [5.74, 6) is 5.70. The molecule has 2 N–H and O–H groups in total. The van der Waals surface area contributed by atoms with Crippen molar-refractivity contribution in [2.24, 2.45) is 5.41 Å². The van der Waals surface area contributed by atoms with E-state index in [0.29, 0.717) is 23.6 Å². The molecule has 0 aliphatic carbocycles. The van der Waals surface area contributed by atoms with Gasteiger partial charge in [-0.25, -0.2) is 0 Å². The van der Waals surface area contributed by atoms with Crippen molar-refractivity contribution in [3.63, 3.8) is 0 Å². The first-order valence-corrected chi connectivity index (χ1v) is 11.5. The van der Waals surface area contributed by atoms with Gasteiger partial charge >= 0.3 is 0 Å². The summed E-state index contributed by atoms with van der Waals surface area (Å²) in [6.45, 7) is 8.35. The quantitative estimate of drug-likeness (QED) is 0.704. The van der Waals surface area contributed by atoms with Crippen LogP contribution < -0.4 is 0 Å². The second-order valence-electron chi connectivity index (χ2n) is 10.3. The molecule has 2 saturated heterocycles. The van der Waals surface area contributed by atoms with Gasteiger partial charge in [0.2, 0.25) is 5.60 Å². The zero-order valence-corrected chi connectivity index (χ0v) is 20.1. The number of amides is 1. The third-order valence-electron chi connectivity index (χ3n) is 7.19. The van der Waals surface area contributed by atoms with Gasteiger partial charge in [0.05, 0.1) is 0 Å². The van der Waals surface area contributed by atoms with Crippen LogP contribution in [-0.2, 0) is 10.4 Å². The van der Waals surface area contributed by atoms with Crippen LogP contribution in [0.4, 0.5) is 0 Å². The fourth-order valence-corrected chi connectivity index (χ4v) is 5.20. The van der Waals surface area contributed by atoms with Gasteiger partial charge in [0, 0.05) is 62.0 Å². The number of likely N-dealkylation sites (N-methyl/N-ethyl adjacent to an activating group) is 1. The highest BCUT2D eigenvalue weighted by molar-refractivity contribution is 5.90. The van der Waals surface area contributed by atoms with Gasteiger partial charge in [-0.1, -0.05) is 56.9 Å². The van der Waals surface area contributed by atoms with Crippen LogP contribution in [0.15, 0.2) is 42.7 Å². The Hall–Kier alpha value is -2.72. The largest absolute Gasteiger partial charge is 0.380 e. The number of likely N-dealkylation sites (tertiary alicyclic amines) is 2. The minimum atomic E-state index is -1.67. The maximum absolute atomic E-state index is 12.3. The van der Waals surface area contributed by atoms with Gasteiger partial charge in [-0.15, -0.1) is 0 Å². The Morgan fingerprint density at radius 2 is 1.79 bits per heavy atom. The van der Waals surface area contributed by atoms with Gasteiger partial charge in [0.25, 0.3) is 5.91 Å². The van der Waals surface area contributed by atoms with Crippen LogP contribution in [0.1, 0.15) is 55.4 Å². The van der Waals surface area contributed by atoms with Crippen LogP contribution in [0.3, 0.4) is 0 Å². The lowest BCUT2D eigenvalue weighted by atomic mass is 9.62. The molecule has 2 aliphatic rings. The van der Waals surface area contributed by atoms with Crippen LogP contribution in [0.25, 0.3) is 0 Å². The van der Waals surface area contributed by atoms with Gasteiger partial charge in [0.15, 0.2) is 0 Å². The number of hydrogen-bond donors (Lipinski definition) is 2. The van der Waals surface area contributed by atoms with Crippen molar-refractivity contribution in [2.45, 2.75) is 44.3 Å². The van der Waals surface area contributed by atoms with E-state index in [1.807, 2.05) is 25.2 Å². The highest BCUT2D eigenvalue weighted by Crippen LogP contribution is 2.50. The van der Waals surface area contributed by atoms with E-state index >= 15 is 0 Å². The zero-order chi connectivity index (χ0) is 24.0. The maximum Gasteiger partial charge on any atom is 0.267 e. The summed E-state index contributed by atoms with van der Waals surface area (Å²) in [7, 11) is 3.70. The molecule has 2 atom stereocenters. The van der Waals surface area contributed by atoms with Gasteiger partial charge in [-0.3, -0.25) is 9.78 Å². The summed E-state index contributed by atoms with van der Waals surface area (Å²) in [5, 5.41) is 22.9. The van der Waals surface area contributed by atoms with Gasteiger partial charge in [0.1, 0.15) is 5.60 Å². The van der Waals surface area contributed by atoms with Crippen molar-refractivity contribution < 1.29 is 15.0 Å². The van der Waals surface area contributed by atoms with Crippen LogP contribution in [0.2, 0.25) is 0 Å². The summed E-state index contributed by atoms with van der Waals surface area (Å²) in [5.41, 5.74) is -0.0938. The molecule has 2 aliphatic heterocycles. The number of pyridine rings is 1. The smallest absolute Gasteiger partial charge is 0.267 e. The van der Waals surface area contributed by atoms with Crippen molar-refractivity contribution in [2.75, 3.05) is 33.7 Å². The van der Waals surface area contributed by atoms with E-state index < -0.39 is 16.6 Å². The van der Waals surface area contributed by atoms with Crippen molar-refractivity contribution in [3.8, 4) is 11.8 Å². The molecule has 1 aromatic carbocycles. The number of carbonyl (C=O) groups excluding carboxylic acids is 1. The SMILES string of the molecule is CC(C)c1ccc(C(O)(c2cncc(C#C[C@]3(O)CCN(C)C3=O)c2)C2(C)CN(C)C2)cc1. The molecule has 33 heavy (non-hydrogen) atoms. The lowest BCUT2D eigenvalue weighted by molar-refractivity contribution is -0.137. The van der Waals surface area contributed by atoms with E-state index in [9.17, 15) is 15.0 Å². The minimum absolute atomic E-state index is 0.277. The van der Waals surface area contributed by atoms with Crippen molar-refractivity contribution in [1.82, 2.24) is 14.8 Å². The summed E-state index contributed by atoms with van der Waals surface area (Å²) in [6.07, 6.45) is 3.56. The topological polar surface area (TPSA) is 76.9 Å². The Kier molecular flexibility index (Phi) is 5.86. The predicted octanol–water partition coefficient (Wildman–Crippen LogP) is 2.34. The zero-order valence-electron chi connectivity index (χ0n) is 20.1. The van der Waals surface area contributed by atoms with Crippen LogP contribution in [0.5, 0.6) is 0 Å². The molecular weight excluding hydrogens is 414 g/mol. The normalized spacial score (nSPS) is 24.2. The first kappa shape index (κ1) is 23.4. The number of hydrogen-bond acceptors (Lipinski definition) is 5. The Bertz CT molecular complexity index is 1110. The number of aromatic nitrogens is 1. The molecule has 1 amide bonds. The summed E-state index contributed by atoms with van der Waals surface area (Å²) in [6, 6.07) is 9.99. The number of aliphatic hydroxyl groups is 2. The number of nitrogens with zero attached hydrogens (tertiary/aromatic N) is 3. The monoisotopic (exact) mass is 447 g/mol. The van der Waals surface area contributed by atoms with Gasteiger partial charge in [-0.2, -0.15) is 0 Å². The van der Waals surface area contributed by atoms with E-state index in [1.165, 1.54) is 10.5 Å². The Morgan fingerprint density at radius 1 is 1.12 bits per heavy atom. The molecule has 1 aromatic heterocycles. The van der Waals surface area contributed by atoms with E-state index in [0.717, 1.165) is 18.7 Å². The lowest BCUT2D eigenvalue weighted by Crippen LogP contribution is -2.63. The van der Waals surface area contributed by atoms with Crippen molar-refractivity contribution >= 4 is 5.91 Å².